The molecule has 0 aliphatic rings. The number of hydrogen-bond donors (Lipinski definition) is 2. The van der Waals surface area contributed by atoms with Crippen LogP contribution in [-0.2, 0) is 11.3 Å². The molecule has 15 heavy (non-hydrogen) atoms. The minimum Gasteiger partial charge on any atom is -0.755 e. The zero-order valence-electron chi connectivity index (χ0n) is 7.52. The Hall–Kier alpha value is -1.66. The number of aromatic amines is 1. The van der Waals surface area contributed by atoms with Crippen LogP contribution in [0.2, 0.25) is 0 Å². The summed E-state index contributed by atoms with van der Waals surface area (Å²) < 4.78 is 23.0. The molecule has 0 aliphatic heterocycles. The lowest BCUT2D eigenvalue weighted by molar-refractivity contribution is 0.542. The van der Waals surface area contributed by atoms with E-state index in [1.165, 1.54) is 6.07 Å². The minimum absolute atomic E-state index is 0.185. The van der Waals surface area contributed by atoms with Gasteiger partial charge in [-0.05, 0) is 24.3 Å². The highest BCUT2D eigenvalue weighted by molar-refractivity contribution is 7.80. The first kappa shape index (κ1) is 9.88. The summed E-state index contributed by atoms with van der Waals surface area (Å²) in [6.07, 6.45) is 0. The number of pyridine rings is 1. The molecule has 2 aromatic rings. The average Bonchev–Trinajstić information content (AvgIpc) is 2.17. The molecular weight excluding hydrogens is 216 g/mol. The van der Waals surface area contributed by atoms with E-state index in [9.17, 15) is 13.6 Å². The van der Waals surface area contributed by atoms with Crippen molar-refractivity contribution in [3.63, 3.8) is 0 Å². The highest BCUT2D eigenvalue weighted by Crippen LogP contribution is 2.16. The van der Waals surface area contributed by atoms with Gasteiger partial charge in [-0.15, -0.1) is 0 Å². The van der Waals surface area contributed by atoms with Crippen LogP contribution in [0.3, 0.4) is 0 Å². The van der Waals surface area contributed by atoms with Crippen LogP contribution in [0.5, 0.6) is 0 Å². The van der Waals surface area contributed by atoms with Gasteiger partial charge in [-0.2, -0.15) is 0 Å². The Labute approximate surface area is 87.6 Å². The number of aromatic nitrogens is 1. The highest BCUT2D eigenvalue weighted by Gasteiger charge is 1.96. The van der Waals surface area contributed by atoms with Gasteiger partial charge in [0.1, 0.15) is 0 Å². The predicted octanol–water partition coefficient (Wildman–Crippen LogP) is 0.734. The number of nitrogens with one attached hydrogen (secondary N) is 2. The van der Waals surface area contributed by atoms with Gasteiger partial charge in [0.15, 0.2) is 0 Å². The van der Waals surface area contributed by atoms with Crippen LogP contribution >= 0.6 is 0 Å². The molecule has 1 heterocycles. The van der Waals surface area contributed by atoms with E-state index in [0.717, 1.165) is 5.39 Å². The molecule has 0 bridgehead atoms. The first-order chi connectivity index (χ1) is 7.15. The van der Waals surface area contributed by atoms with E-state index in [4.69, 9.17) is 0 Å². The SMILES string of the molecule is O=c1ccc2cc(NS(=O)[O-])ccc2[nH]1. The first-order valence-electron chi connectivity index (χ1n) is 4.14. The molecule has 6 heteroatoms. The fourth-order valence-corrected chi connectivity index (χ4v) is 1.63. The van der Waals surface area contributed by atoms with Crippen LogP contribution in [0.1, 0.15) is 0 Å². The minimum atomic E-state index is -2.34. The summed E-state index contributed by atoms with van der Waals surface area (Å²) in [6.45, 7) is 0. The molecule has 1 atom stereocenters. The molecule has 0 amide bonds. The third kappa shape index (κ3) is 2.23. The molecule has 1 unspecified atom stereocenters. The van der Waals surface area contributed by atoms with E-state index in [1.807, 2.05) is 0 Å². The molecule has 1 aromatic heterocycles. The lowest BCUT2D eigenvalue weighted by atomic mass is 10.2. The third-order valence-corrected chi connectivity index (χ3v) is 2.33. The highest BCUT2D eigenvalue weighted by atomic mass is 32.2. The van der Waals surface area contributed by atoms with Crippen molar-refractivity contribution in [2.75, 3.05) is 4.72 Å². The summed E-state index contributed by atoms with van der Waals surface area (Å²) >= 11 is -2.34. The fourth-order valence-electron chi connectivity index (χ4n) is 1.31. The quantitative estimate of drug-likeness (QED) is 0.736. The maximum Gasteiger partial charge on any atom is 0.248 e. The van der Waals surface area contributed by atoms with Gasteiger partial charge in [-0.1, -0.05) is 0 Å². The van der Waals surface area contributed by atoms with Gasteiger partial charge in [0.05, 0.1) is 0 Å². The zero-order valence-corrected chi connectivity index (χ0v) is 8.34. The number of fused-ring (bicyclic) bond motifs is 1. The smallest absolute Gasteiger partial charge is 0.248 e. The van der Waals surface area contributed by atoms with Crippen molar-refractivity contribution in [1.82, 2.24) is 4.98 Å². The Morgan fingerprint density at radius 3 is 2.80 bits per heavy atom. The molecule has 1 aromatic carbocycles. The van der Waals surface area contributed by atoms with Gasteiger partial charge in [0.2, 0.25) is 5.56 Å². The van der Waals surface area contributed by atoms with Crippen LogP contribution in [0.15, 0.2) is 35.1 Å². The number of benzene rings is 1. The summed E-state index contributed by atoms with van der Waals surface area (Å²) in [5, 5.41) is 0.769. The van der Waals surface area contributed by atoms with Gasteiger partial charge >= 0.3 is 0 Å². The first-order valence-corrected chi connectivity index (χ1v) is 5.22. The van der Waals surface area contributed by atoms with Gasteiger partial charge in [0.25, 0.3) is 0 Å². The van der Waals surface area contributed by atoms with E-state index < -0.39 is 11.3 Å². The van der Waals surface area contributed by atoms with Crippen LogP contribution < -0.4 is 10.3 Å². The molecular formula is C9H7N2O3S-. The van der Waals surface area contributed by atoms with Gasteiger partial charge in [-0.3, -0.25) is 9.00 Å². The molecule has 5 nitrogen and oxygen atoms in total. The molecule has 0 saturated heterocycles. The van der Waals surface area contributed by atoms with Crippen molar-refractivity contribution < 1.29 is 8.76 Å². The third-order valence-electron chi connectivity index (χ3n) is 1.92. The van der Waals surface area contributed by atoms with Crippen molar-refractivity contribution >= 4 is 27.9 Å². The van der Waals surface area contributed by atoms with Crippen LogP contribution in [0.4, 0.5) is 5.69 Å². The van der Waals surface area contributed by atoms with Crippen molar-refractivity contribution in [3.05, 3.63) is 40.7 Å². The van der Waals surface area contributed by atoms with Crippen molar-refractivity contribution in [1.29, 1.82) is 0 Å². The molecule has 78 valence electrons. The predicted molar refractivity (Wildman–Crippen MR) is 57.1 cm³/mol. The lowest BCUT2D eigenvalue weighted by Gasteiger charge is -2.08. The van der Waals surface area contributed by atoms with E-state index in [2.05, 4.69) is 9.71 Å². The lowest BCUT2D eigenvalue weighted by Crippen LogP contribution is -2.04. The average molecular weight is 223 g/mol. The van der Waals surface area contributed by atoms with E-state index in [0.29, 0.717) is 11.2 Å². The second kappa shape index (κ2) is 3.84. The summed E-state index contributed by atoms with van der Waals surface area (Å²) in [6, 6.07) is 7.88. The summed E-state index contributed by atoms with van der Waals surface area (Å²) in [7, 11) is 0. The maximum atomic E-state index is 11.0. The Balaban J connectivity index is 2.52. The fraction of sp³-hybridized carbons (Fsp3) is 0. The Bertz CT molecular complexity index is 579. The van der Waals surface area contributed by atoms with Crippen molar-refractivity contribution in [2.24, 2.45) is 0 Å². The normalized spacial score (nSPS) is 12.6. The second-order valence-electron chi connectivity index (χ2n) is 2.96. The topological polar surface area (TPSA) is 85.0 Å². The van der Waals surface area contributed by atoms with Crippen LogP contribution in [0, 0.1) is 0 Å². The van der Waals surface area contributed by atoms with Gasteiger partial charge < -0.3 is 14.3 Å². The molecule has 0 aliphatic carbocycles. The van der Waals surface area contributed by atoms with Crippen LogP contribution in [0.25, 0.3) is 10.9 Å². The Morgan fingerprint density at radius 2 is 2.07 bits per heavy atom. The van der Waals surface area contributed by atoms with Gasteiger partial charge in [0, 0.05) is 33.9 Å². The molecule has 0 spiro atoms. The Kier molecular flexibility index (Phi) is 2.53. The van der Waals surface area contributed by atoms with Crippen LogP contribution in [-0.4, -0.2) is 13.7 Å². The summed E-state index contributed by atoms with van der Waals surface area (Å²) in [4.78, 5) is 13.6. The standard InChI is InChI=1S/C9H8N2O3S/c12-9-4-1-6-5-7(11-15(13)14)2-3-8(6)10-9/h1-5,11H,(H,10,12)(H,13,14)/p-1. The summed E-state index contributed by atoms with van der Waals surface area (Å²) in [5.41, 5.74) is 0.947. The maximum absolute atomic E-state index is 11.0. The monoisotopic (exact) mass is 223 g/mol. The number of hydrogen-bond acceptors (Lipinski definition) is 3. The van der Waals surface area contributed by atoms with E-state index >= 15 is 0 Å². The molecule has 2 rings (SSSR count). The molecule has 0 saturated carbocycles. The largest absolute Gasteiger partial charge is 0.755 e. The second-order valence-corrected chi connectivity index (χ2v) is 3.63. The van der Waals surface area contributed by atoms with Crippen molar-refractivity contribution in [2.45, 2.75) is 0 Å². The molecule has 0 radical (unpaired) electrons. The van der Waals surface area contributed by atoms with E-state index in [1.54, 1.807) is 24.3 Å². The van der Waals surface area contributed by atoms with E-state index in [-0.39, 0.29) is 5.56 Å². The van der Waals surface area contributed by atoms with Crippen molar-refractivity contribution in [3.8, 4) is 0 Å². The molecule has 2 N–H and O–H groups in total. The number of H-pyrrole nitrogens is 1. The zero-order chi connectivity index (χ0) is 10.8. The number of rotatable bonds is 2. The summed E-state index contributed by atoms with van der Waals surface area (Å²) in [5.74, 6) is 0. The van der Waals surface area contributed by atoms with Gasteiger partial charge in [-0.25, -0.2) is 0 Å². The molecule has 0 fully saturated rings. The Morgan fingerprint density at radius 1 is 1.27 bits per heavy atom. The number of anilines is 1.